The van der Waals surface area contributed by atoms with E-state index in [1.165, 1.54) is 6.42 Å². The SMILES string of the molecule is CC1CCCCN1C(=O)/C=C/c1cccnc1. The zero-order valence-electron chi connectivity index (χ0n) is 10.2. The predicted octanol–water partition coefficient (Wildman–Crippen LogP) is 2.50. The first kappa shape index (κ1) is 11.8. The van der Waals surface area contributed by atoms with Gasteiger partial charge in [-0.3, -0.25) is 9.78 Å². The average molecular weight is 230 g/mol. The lowest BCUT2D eigenvalue weighted by molar-refractivity contribution is -0.129. The maximum absolute atomic E-state index is 12.0. The van der Waals surface area contributed by atoms with Gasteiger partial charge in [0.1, 0.15) is 0 Å². The number of pyridine rings is 1. The van der Waals surface area contributed by atoms with Crippen LogP contribution in [0.2, 0.25) is 0 Å². The summed E-state index contributed by atoms with van der Waals surface area (Å²) < 4.78 is 0. The average Bonchev–Trinajstić information content (AvgIpc) is 2.38. The molecule has 0 bridgehead atoms. The van der Waals surface area contributed by atoms with E-state index < -0.39 is 0 Å². The van der Waals surface area contributed by atoms with Crippen LogP contribution in [0.15, 0.2) is 30.6 Å². The Hall–Kier alpha value is -1.64. The molecule has 17 heavy (non-hydrogen) atoms. The lowest BCUT2D eigenvalue weighted by atomic mass is 10.0. The van der Waals surface area contributed by atoms with Crippen molar-refractivity contribution in [3.63, 3.8) is 0 Å². The monoisotopic (exact) mass is 230 g/mol. The molecule has 3 heteroatoms. The molecule has 0 radical (unpaired) electrons. The van der Waals surface area contributed by atoms with Crippen LogP contribution in [-0.2, 0) is 4.79 Å². The van der Waals surface area contributed by atoms with E-state index in [-0.39, 0.29) is 5.91 Å². The minimum Gasteiger partial charge on any atom is -0.336 e. The van der Waals surface area contributed by atoms with E-state index in [2.05, 4.69) is 11.9 Å². The van der Waals surface area contributed by atoms with Gasteiger partial charge in [0.25, 0.3) is 0 Å². The molecule has 90 valence electrons. The third kappa shape index (κ3) is 3.16. The molecule has 1 fully saturated rings. The number of aromatic nitrogens is 1. The Labute approximate surface area is 102 Å². The van der Waals surface area contributed by atoms with Gasteiger partial charge in [0.2, 0.25) is 5.91 Å². The molecular formula is C14H18N2O. The molecule has 1 atom stereocenters. The lowest BCUT2D eigenvalue weighted by Crippen LogP contribution is -2.41. The second kappa shape index (κ2) is 5.62. The van der Waals surface area contributed by atoms with Crippen molar-refractivity contribution in [2.75, 3.05) is 6.54 Å². The molecule has 0 saturated carbocycles. The number of carbonyl (C=O) groups excluding carboxylic acids is 1. The van der Waals surface area contributed by atoms with Crippen LogP contribution in [0, 0.1) is 0 Å². The molecule has 0 aliphatic carbocycles. The molecule has 3 nitrogen and oxygen atoms in total. The molecule has 0 N–H and O–H groups in total. The fraction of sp³-hybridized carbons (Fsp3) is 0.429. The van der Waals surface area contributed by atoms with E-state index in [4.69, 9.17) is 0 Å². The fourth-order valence-corrected chi connectivity index (χ4v) is 2.16. The van der Waals surface area contributed by atoms with Crippen molar-refractivity contribution in [3.8, 4) is 0 Å². The van der Waals surface area contributed by atoms with Crippen LogP contribution in [-0.4, -0.2) is 28.4 Å². The Kier molecular flexibility index (Phi) is 3.91. The van der Waals surface area contributed by atoms with Gasteiger partial charge in [-0.2, -0.15) is 0 Å². The minimum absolute atomic E-state index is 0.112. The highest BCUT2D eigenvalue weighted by molar-refractivity contribution is 5.92. The molecule has 0 aromatic carbocycles. The van der Waals surface area contributed by atoms with Crippen molar-refractivity contribution in [3.05, 3.63) is 36.2 Å². The summed E-state index contributed by atoms with van der Waals surface area (Å²) in [6, 6.07) is 4.18. The first-order valence-electron chi connectivity index (χ1n) is 6.16. The molecule has 1 aromatic heterocycles. The fourth-order valence-electron chi connectivity index (χ4n) is 2.16. The van der Waals surface area contributed by atoms with Crippen LogP contribution >= 0.6 is 0 Å². The standard InChI is InChI=1S/C14H18N2O/c1-12-5-2-3-10-16(12)14(17)8-7-13-6-4-9-15-11-13/h4,6-9,11-12H,2-3,5,10H2,1H3/b8-7+. The Morgan fingerprint density at radius 2 is 2.41 bits per heavy atom. The van der Waals surface area contributed by atoms with E-state index in [9.17, 15) is 4.79 Å². The molecule has 1 aliphatic heterocycles. The highest BCUT2D eigenvalue weighted by Gasteiger charge is 2.20. The summed E-state index contributed by atoms with van der Waals surface area (Å²) in [4.78, 5) is 18.0. The van der Waals surface area contributed by atoms with Gasteiger partial charge in [-0.25, -0.2) is 0 Å². The van der Waals surface area contributed by atoms with Gasteiger partial charge >= 0.3 is 0 Å². The molecule has 1 saturated heterocycles. The van der Waals surface area contributed by atoms with Gasteiger partial charge in [-0.05, 0) is 43.9 Å². The number of piperidine rings is 1. The maximum Gasteiger partial charge on any atom is 0.246 e. The van der Waals surface area contributed by atoms with E-state index in [1.807, 2.05) is 23.1 Å². The number of hydrogen-bond donors (Lipinski definition) is 0. The first-order chi connectivity index (χ1) is 8.27. The van der Waals surface area contributed by atoms with Crippen molar-refractivity contribution < 1.29 is 4.79 Å². The number of nitrogens with zero attached hydrogens (tertiary/aromatic N) is 2. The van der Waals surface area contributed by atoms with E-state index in [0.29, 0.717) is 6.04 Å². The highest BCUT2D eigenvalue weighted by atomic mass is 16.2. The second-order valence-corrected chi connectivity index (χ2v) is 4.50. The predicted molar refractivity (Wildman–Crippen MR) is 68.3 cm³/mol. The Morgan fingerprint density at radius 1 is 1.53 bits per heavy atom. The molecule has 1 aromatic rings. The summed E-state index contributed by atoms with van der Waals surface area (Å²) in [7, 11) is 0. The highest BCUT2D eigenvalue weighted by Crippen LogP contribution is 2.16. The van der Waals surface area contributed by atoms with Crippen LogP contribution in [0.1, 0.15) is 31.7 Å². The van der Waals surface area contributed by atoms with E-state index in [1.54, 1.807) is 18.5 Å². The Morgan fingerprint density at radius 3 is 3.12 bits per heavy atom. The van der Waals surface area contributed by atoms with Crippen LogP contribution in [0.3, 0.4) is 0 Å². The smallest absolute Gasteiger partial charge is 0.246 e. The number of likely N-dealkylation sites (tertiary alicyclic amines) is 1. The van der Waals surface area contributed by atoms with Crippen LogP contribution in [0.4, 0.5) is 0 Å². The molecule has 2 rings (SSSR count). The van der Waals surface area contributed by atoms with Gasteiger partial charge in [0.15, 0.2) is 0 Å². The Bertz CT molecular complexity index is 400. The quantitative estimate of drug-likeness (QED) is 0.731. The summed E-state index contributed by atoms with van der Waals surface area (Å²) in [5.41, 5.74) is 0.963. The van der Waals surface area contributed by atoms with Crippen molar-refractivity contribution in [2.45, 2.75) is 32.2 Å². The number of rotatable bonds is 2. The third-order valence-corrected chi connectivity index (χ3v) is 3.19. The van der Waals surface area contributed by atoms with Gasteiger partial charge in [0, 0.05) is 31.1 Å². The number of carbonyl (C=O) groups is 1. The lowest BCUT2D eigenvalue weighted by Gasteiger charge is -2.32. The molecule has 0 spiro atoms. The van der Waals surface area contributed by atoms with Gasteiger partial charge in [-0.1, -0.05) is 6.07 Å². The van der Waals surface area contributed by atoms with Crippen molar-refractivity contribution in [1.82, 2.24) is 9.88 Å². The minimum atomic E-state index is 0.112. The van der Waals surface area contributed by atoms with Crippen molar-refractivity contribution in [1.29, 1.82) is 0 Å². The summed E-state index contributed by atoms with van der Waals surface area (Å²) in [5.74, 6) is 0.112. The van der Waals surface area contributed by atoms with E-state index >= 15 is 0 Å². The first-order valence-corrected chi connectivity index (χ1v) is 6.16. The normalized spacial score (nSPS) is 20.8. The third-order valence-electron chi connectivity index (χ3n) is 3.19. The van der Waals surface area contributed by atoms with Crippen LogP contribution in [0.5, 0.6) is 0 Å². The van der Waals surface area contributed by atoms with Crippen molar-refractivity contribution >= 4 is 12.0 Å². The topological polar surface area (TPSA) is 33.2 Å². The molecule has 1 amide bonds. The second-order valence-electron chi connectivity index (χ2n) is 4.50. The molecule has 1 aliphatic rings. The van der Waals surface area contributed by atoms with Crippen LogP contribution < -0.4 is 0 Å². The summed E-state index contributed by atoms with van der Waals surface area (Å²) >= 11 is 0. The van der Waals surface area contributed by atoms with E-state index in [0.717, 1.165) is 24.9 Å². The van der Waals surface area contributed by atoms with Crippen molar-refractivity contribution in [2.24, 2.45) is 0 Å². The van der Waals surface area contributed by atoms with Gasteiger partial charge in [0.05, 0.1) is 0 Å². The zero-order chi connectivity index (χ0) is 12.1. The summed E-state index contributed by atoms with van der Waals surface area (Å²) in [6.07, 6.45) is 10.4. The molecular weight excluding hydrogens is 212 g/mol. The summed E-state index contributed by atoms with van der Waals surface area (Å²) in [6.45, 7) is 3.01. The maximum atomic E-state index is 12.0. The number of hydrogen-bond acceptors (Lipinski definition) is 2. The zero-order valence-corrected chi connectivity index (χ0v) is 10.2. The van der Waals surface area contributed by atoms with Crippen LogP contribution in [0.25, 0.3) is 6.08 Å². The largest absolute Gasteiger partial charge is 0.336 e. The number of amides is 1. The Balaban J connectivity index is 1.99. The molecule has 2 heterocycles. The molecule has 1 unspecified atom stereocenters. The van der Waals surface area contributed by atoms with Gasteiger partial charge < -0.3 is 4.90 Å². The van der Waals surface area contributed by atoms with Gasteiger partial charge in [-0.15, -0.1) is 0 Å². The summed E-state index contributed by atoms with van der Waals surface area (Å²) in [5, 5.41) is 0.